The van der Waals surface area contributed by atoms with Gasteiger partial charge in [0.15, 0.2) is 0 Å². The van der Waals surface area contributed by atoms with Gasteiger partial charge in [-0.1, -0.05) is 0 Å². The van der Waals surface area contributed by atoms with Crippen LogP contribution in [-0.4, -0.2) is 61.8 Å². The van der Waals surface area contributed by atoms with Gasteiger partial charge in [0.25, 0.3) is 11.5 Å². The van der Waals surface area contributed by atoms with E-state index < -0.39 is 0 Å². The van der Waals surface area contributed by atoms with E-state index in [-0.39, 0.29) is 18.0 Å². The minimum atomic E-state index is -0.228. The van der Waals surface area contributed by atoms with Crippen molar-refractivity contribution in [3.05, 3.63) is 56.0 Å². The summed E-state index contributed by atoms with van der Waals surface area (Å²) in [7, 11) is 6.12. The molecule has 1 amide bonds. The van der Waals surface area contributed by atoms with Crippen LogP contribution in [0.2, 0.25) is 0 Å². The quantitative estimate of drug-likeness (QED) is 0.395. The number of carbonyl (C=O) groups excluding carboxylic acids is 1. The molecule has 1 aliphatic carbocycles. The molecule has 196 valence electrons. The molecule has 0 unspecified atom stereocenters. The molecule has 1 saturated carbocycles. The summed E-state index contributed by atoms with van der Waals surface area (Å²) < 4.78 is 0. The van der Waals surface area contributed by atoms with Crippen LogP contribution in [0.4, 0.5) is 11.4 Å². The lowest BCUT2D eigenvalue weighted by Crippen LogP contribution is -2.42. The van der Waals surface area contributed by atoms with Gasteiger partial charge in [-0.05, 0) is 90.7 Å². The van der Waals surface area contributed by atoms with Crippen LogP contribution in [0, 0.1) is 26.2 Å². The fraction of sp³-hybridized carbons (Fsp3) is 0.536. The number of anilines is 2. The van der Waals surface area contributed by atoms with Gasteiger partial charge in [-0.25, -0.2) is 0 Å². The third-order valence-corrected chi connectivity index (χ3v) is 7.65. The van der Waals surface area contributed by atoms with Crippen molar-refractivity contribution in [2.24, 2.45) is 0 Å². The molecule has 4 N–H and O–H groups in total. The second kappa shape index (κ2) is 11.7. The number of pyridine rings is 1. The maximum atomic E-state index is 13.4. The number of rotatable bonds is 9. The number of nitrogens with zero attached hydrogens (tertiary/aromatic N) is 2. The lowest BCUT2D eigenvalue weighted by atomic mass is 9.88. The highest BCUT2D eigenvalue weighted by molar-refractivity contribution is 6.03. The average molecular weight is 495 g/mol. The number of amides is 1. The fourth-order valence-electron chi connectivity index (χ4n) is 5.61. The standard InChI is InChI=1S/C28H42N6O2/c1-8-34(21-11-9-20(10-12-21)33(6)7)25-14-22(19(4)26(30-5)23(25)15-29)27(35)31-16-24-17(2)13-18(3)32-28(24)36/h13-15,20-21,29-30H,8-12,16H2,1-7H3,(H,31,35)(H,32,36). The molecular weight excluding hydrogens is 452 g/mol. The first kappa shape index (κ1) is 27.5. The molecule has 8 nitrogen and oxygen atoms in total. The first-order valence-electron chi connectivity index (χ1n) is 12.9. The Morgan fingerprint density at radius 3 is 2.31 bits per heavy atom. The third-order valence-electron chi connectivity index (χ3n) is 7.65. The molecule has 1 aliphatic rings. The van der Waals surface area contributed by atoms with E-state index in [0.717, 1.165) is 66.0 Å². The second-order valence-electron chi connectivity index (χ2n) is 10.1. The molecule has 0 bridgehead atoms. The van der Waals surface area contributed by atoms with Crippen molar-refractivity contribution in [2.45, 2.75) is 72.0 Å². The van der Waals surface area contributed by atoms with E-state index >= 15 is 0 Å². The van der Waals surface area contributed by atoms with Crippen LogP contribution in [0.5, 0.6) is 0 Å². The molecule has 36 heavy (non-hydrogen) atoms. The summed E-state index contributed by atoms with van der Waals surface area (Å²) in [6.45, 7) is 8.72. The maximum absolute atomic E-state index is 13.4. The third kappa shape index (κ3) is 5.64. The molecule has 0 aliphatic heterocycles. The Balaban J connectivity index is 1.95. The topological polar surface area (TPSA) is 104 Å². The van der Waals surface area contributed by atoms with Gasteiger partial charge in [-0.15, -0.1) is 0 Å². The van der Waals surface area contributed by atoms with Crippen molar-refractivity contribution in [3.8, 4) is 0 Å². The van der Waals surface area contributed by atoms with Gasteiger partial charge < -0.3 is 30.8 Å². The van der Waals surface area contributed by atoms with E-state index in [0.29, 0.717) is 23.2 Å². The Kier molecular flexibility index (Phi) is 8.95. The monoisotopic (exact) mass is 494 g/mol. The van der Waals surface area contributed by atoms with Crippen LogP contribution in [0.15, 0.2) is 16.9 Å². The lowest BCUT2D eigenvalue weighted by molar-refractivity contribution is 0.0950. The predicted octanol–water partition coefficient (Wildman–Crippen LogP) is 3.97. The molecule has 0 spiro atoms. The summed E-state index contributed by atoms with van der Waals surface area (Å²) in [5.74, 6) is -0.228. The van der Waals surface area contributed by atoms with Crippen molar-refractivity contribution in [1.29, 1.82) is 5.41 Å². The smallest absolute Gasteiger partial charge is 0.253 e. The van der Waals surface area contributed by atoms with Gasteiger partial charge in [-0.2, -0.15) is 0 Å². The van der Waals surface area contributed by atoms with Crippen molar-refractivity contribution < 1.29 is 4.79 Å². The number of H-pyrrole nitrogens is 1. The summed E-state index contributed by atoms with van der Waals surface area (Å²) in [5.41, 5.74) is 5.88. The van der Waals surface area contributed by atoms with Crippen LogP contribution in [0.1, 0.15) is 70.9 Å². The summed E-state index contributed by atoms with van der Waals surface area (Å²) in [4.78, 5) is 33.3. The van der Waals surface area contributed by atoms with Crippen molar-refractivity contribution in [2.75, 3.05) is 37.9 Å². The molecule has 0 radical (unpaired) electrons. The van der Waals surface area contributed by atoms with Gasteiger partial charge in [-0.3, -0.25) is 9.59 Å². The van der Waals surface area contributed by atoms with E-state index in [1.165, 1.54) is 6.21 Å². The Labute approximate surface area is 215 Å². The zero-order valence-electron chi connectivity index (χ0n) is 22.8. The summed E-state index contributed by atoms with van der Waals surface area (Å²) in [6, 6.07) is 4.80. The summed E-state index contributed by atoms with van der Waals surface area (Å²) in [6.07, 6.45) is 5.81. The fourth-order valence-corrected chi connectivity index (χ4v) is 5.61. The highest BCUT2D eigenvalue weighted by Crippen LogP contribution is 2.36. The largest absolute Gasteiger partial charge is 0.387 e. The molecule has 0 atom stereocenters. The van der Waals surface area contributed by atoms with Crippen LogP contribution >= 0.6 is 0 Å². The van der Waals surface area contributed by atoms with Crippen molar-refractivity contribution in [3.63, 3.8) is 0 Å². The zero-order chi connectivity index (χ0) is 26.6. The minimum Gasteiger partial charge on any atom is -0.387 e. The lowest BCUT2D eigenvalue weighted by Gasteiger charge is -2.40. The molecule has 8 heteroatoms. The minimum absolute atomic E-state index is 0.155. The molecule has 2 aromatic rings. The average Bonchev–Trinajstić information content (AvgIpc) is 2.84. The van der Waals surface area contributed by atoms with E-state index in [2.05, 4.69) is 46.4 Å². The number of hydrogen-bond acceptors (Lipinski definition) is 6. The van der Waals surface area contributed by atoms with Gasteiger partial charge in [0.2, 0.25) is 0 Å². The van der Waals surface area contributed by atoms with Crippen LogP contribution in [-0.2, 0) is 6.54 Å². The molecule has 1 aromatic heterocycles. The van der Waals surface area contributed by atoms with E-state index in [9.17, 15) is 9.59 Å². The van der Waals surface area contributed by atoms with Gasteiger partial charge >= 0.3 is 0 Å². The predicted molar refractivity (Wildman–Crippen MR) is 149 cm³/mol. The Hall–Kier alpha value is -3.13. The zero-order valence-corrected chi connectivity index (χ0v) is 22.8. The molecular formula is C28H42N6O2. The molecule has 1 aromatic carbocycles. The van der Waals surface area contributed by atoms with E-state index in [4.69, 9.17) is 5.41 Å². The number of benzene rings is 1. The Morgan fingerprint density at radius 2 is 1.78 bits per heavy atom. The normalized spacial score (nSPS) is 17.7. The van der Waals surface area contributed by atoms with Crippen LogP contribution in [0.25, 0.3) is 0 Å². The Bertz CT molecular complexity index is 1160. The van der Waals surface area contributed by atoms with E-state index in [1.807, 2.05) is 40.0 Å². The Morgan fingerprint density at radius 1 is 1.14 bits per heavy atom. The number of hydrogen-bond donors (Lipinski definition) is 4. The number of aryl methyl sites for hydroxylation is 2. The van der Waals surface area contributed by atoms with Crippen molar-refractivity contribution >= 4 is 23.5 Å². The summed E-state index contributed by atoms with van der Waals surface area (Å²) >= 11 is 0. The number of aromatic nitrogens is 1. The van der Waals surface area contributed by atoms with E-state index in [1.54, 1.807) is 0 Å². The maximum Gasteiger partial charge on any atom is 0.253 e. The highest BCUT2D eigenvalue weighted by Gasteiger charge is 2.29. The van der Waals surface area contributed by atoms with Gasteiger partial charge in [0, 0.05) is 72.2 Å². The molecule has 3 rings (SSSR count). The van der Waals surface area contributed by atoms with Crippen LogP contribution < -0.4 is 21.1 Å². The van der Waals surface area contributed by atoms with Gasteiger partial charge in [0.05, 0.1) is 0 Å². The molecule has 0 saturated heterocycles. The van der Waals surface area contributed by atoms with Crippen molar-refractivity contribution in [1.82, 2.24) is 15.2 Å². The van der Waals surface area contributed by atoms with Crippen LogP contribution in [0.3, 0.4) is 0 Å². The first-order chi connectivity index (χ1) is 17.1. The summed E-state index contributed by atoms with van der Waals surface area (Å²) in [5, 5.41) is 14.4. The highest BCUT2D eigenvalue weighted by atomic mass is 16.1. The second-order valence-corrected chi connectivity index (χ2v) is 10.1. The number of carbonyl (C=O) groups is 1. The number of aromatic amines is 1. The first-order valence-corrected chi connectivity index (χ1v) is 12.9. The molecule has 1 fully saturated rings. The number of nitrogens with one attached hydrogen (secondary N) is 4. The molecule has 1 heterocycles. The SMILES string of the molecule is CCN(c1cc(C(=O)NCc2c(C)cc(C)[nH]c2=O)c(C)c(NC)c1C=N)C1CCC(N(C)C)CC1. The van der Waals surface area contributed by atoms with Gasteiger partial charge in [0.1, 0.15) is 0 Å².